The minimum atomic E-state index is 0.412. The maximum atomic E-state index is 5.80. The van der Waals surface area contributed by atoms with E-state index in [9.17, 15) is 0 Å². The molecule has 1 unspecified atom stereocenters. The van der Waals surface area contributed by atoms with Gasteiger partial charge in [-0.25, -0.2) is 9.97 Å². The molecular weight excluding hydrogens is 216 g/mol. The number of ether oxygens (including phenoxy) is 1. The van der Waals surface area contributed by atoms with E-state index in [2.05, 4.69) is 21.8 Å². The molecule has 2 heterocycles. The Morgan fingerprint density at radius 1 is 1.35 bits per heavy atom. The maximum Gasteiger partial charge on any atom is 0.204 e. The van der Waals surface area contributed by atoms with Crippen LogP contribution in [0.1, 0.15) is 26.2 Å². The van der Waals surface area contributed by atoms with Crippen LogP contribution in [0.25, 0.3) is 0 Å². The van der Waals surface area contributed by atoms with Crippen molar-refractivity contribution in [1.29, 1.82) is 0 Å². The number of aromatic nitrogens is 2. The second-order valence-electron chi connectivity index (χ2n) is 4.64. The molecule has 1 fully saturated rings. The minimum Gasteiger partial charge on any atom is -0.490 e. The number of nitrogen functional groups attached to an aromatic ring is 1. The van der Waals surface area contributed by atoms with Gasteiger partial charge < -0.3 is 15.4 Å². The van der Waals surface area contributed by atoms with E-state index in [1.165, 1.54) is 25.6 Å². The predicted octanol–water partition coefficient (Wildman–Crippen LogP) is 1.69. The number of rotatable bonds is 2. The molecule has 0 bridgehead atoms. The first-order valence-corrected chi connectivity index (χ1v) is 6.11. The smallest absolute Gasteiger partial charge is 0.204 e. The largest absolute Gasteiger partial charge is 0.490 e. The lowest BCUT2D eigenvalue weighted by Crippen LogP contribution is -2.26. The van der Waals surface area contributed by atoms with Crippen LogP contribution >= 0.6 is 0 Å². The van der Waals surface area contributed by atoms with Gasteiger partial charge in [0.1, 0.15) is 6.33 Å². The SMILES string of the molecule is COc1c(N)ncnc1N1CCCC(C)CC1. The van der Waals surface area contributed by atoms with Gasteiger partial charge in [-0.1, -0.05) is 6.92 Å². The summed E-state index contributed by atoms with van der Waals surface area (Å²) in [6.45, 7) is 4.32. The first-order chi connectivity index (χ1) is 8.22. The average Bonchev–Trinajstić information content (AvgIpc) is 2.54. The lowest BCUT2D eigenvalue weighted by Gasteiger charge is -2.23. The molecule has 0 amide bonds. The second-order valence-corrected chi connectivity index (χ2v) is 4.64. The van der Waals surface area contributed by atoms with E-state index in [0.29, 0.717) is 11.6 Å². The molecule has 1 atom stereocenters. The van der Waals surface area contributed by atoms with Crippen molar-refractivity contribution in [3.05, 3.63) is 6.33 Å². The molecule has 2 N–H and O–H groups in total. The first kappa shape index (κ1) is 12.0. The third-order valence-electron chi connectivity index (χ3n) is 3.33. The molecule has 0 spiro atoms. The first-order valence-electron chi connectivity index (χ1n) is 6.11. The Morgan fingerprint density at radius 3 is 2.94 bits per heavy atom. The van der Waals surface area contributed by atoms with Crippen molar-refractivity contribution in [3.63, 3.8) is 0 Å². The molecular formula is C12H20N4O. The van der Waals surface area contributed by atoms with Crippen LogP contribution in [-0.4, -0.2) is 30.2 Å². The molecule has 94 valence electrons. The van der Waals surface area contributed by atoms with Gasteiger partial charge in [0, 0.05) is 13.1 Å². The summed E-state index contributed by atoms with van der Waals surface area (Å²) >= 11 is 0. The molecule has 1 aromatic rings. The normalized spacial score (nSPS) is 21.1. The van der Waals surface area contributed by atoms with Gasteiger partial charge in [0.25, 0.3) is 0 Å². The minimum absolute atomic E-state index is 0.412. The van der Waals surface area contributed by atoms with Crippen LogP contribution in [0.2, 0.25) is 0 Å². The zero-order valence-electron chi connectivity index (χ0n) is 10.5. The second kappa shape index (κ2) is 5.21. The third kappa shape index (κ3) is 2.60. The monoisotopic (exact) mass is 236 g/mol. The van der Waals surface area contributed by atoms with Gasteiger partial charge >= 0.3 is 0 Å². The molecule has 2 rings (SSSR count). The Morgan fingerprint density at radius 2 is 2.18 bits per heavy atom. The van der Waals surface area contributed by atoms with E-state index in [1.54, 1.807) is 7.11 Å². The fourth-order valence-electron chi connectivity index (χ4n) is 2.27. The molecule has 1 aliphatic rings. The molecule has 0 aromatic carbocycles. The Bertz CT molecular complexity index is 383. The molecule has 1 aliphatic heterocycles. The van der Waals surface area contributed by atoms with Crippen molar-refractivity contribution in [1.82, 2.24) is 9.97 Å². The summed E-state index contributed by atoms with van der Waals surface area (Å²) in [6, 6.07) is 0. The number of hydrogen-bond donors (Lipinski definition) is 1. The fourth-order valence-corrected chi connectivity index (χ4v) is 2.27. The van der Waals surface area contributed by atoms with Crippen molar-refractivity contribution in [2.45, 2.75) is 26.2 Å². The van der Waals surface area contributed by atoms with Crippen molar-refractivity contribution < 1.29 is 4.74 Å². The van der Waals surface area contributed by atoms with Gasteiger partial charge in [-0.15, -0.1) is 0 Å². The molecule has 0 radical (unpaired) electrons. The summed E-state index contributed by atoms with van der Waals surface area (Å²) in [5, 5.41) is 0. The number of nitrogens with zero attached hydrogens (tertiary/aromatic N) is 3. The molecule has 0 saturated carbocycles. The summed E-state index contributed by atoms with van der Waals surface area (Å²) in [6.07, 6.45) is 5.15. The standard InChI is InChI=1S/C12H20N4O/c1-9-4-3-6-16(7-5-9)12-10(17-2)11(13)14-8-15-12/h8-9H,3-7H2,1-2H3,(H2,13,14,15). The quantitative estimate of drug-likeness (QED) is 0.846. The van der Waals surface area contributed by atoms with Gasteiger partial charge in [0.2, 0.25) is 5.75 Å². The number of anilines is 2. The third-order valence-corrected chi connectivity index (χ3v) is 3.33. The molecule has 17 heavy (non-hydrogen) atoms. The lowest BCUT2D eigenvalue weighted by atomic mass is 10.0. The topological polar surface area (TPSA) is 64.3 Å². The maximum absolute atomic E-state index is 5.80. The molecule has 1 saturated heterocycles. The van der Waals surface area contributed by atoms with Gasteiger partial charge in [-0.2, -0.15) is 0 Å². The Balaban J connectivity index is 2.23. The van der Waals surface area contributed by atoms with E-state index in [0.717, 1.165) is 24.8 Å². The van der Waals surface area contributed by atoms with E-state index in [-0.39, 0.29) is 0 Å². The van der Waals surface area contributed by atoms with Crippen LogP contribution in [0.5, 0.6) is 5.75 Å². The van der Waals surface area contributed by atoms with Crippen LogP contribution < -0.4 is 15.4 Å². The van der Waals surface area contributed by atoms with Crippen LogP contribution in [0, 0.1) is 5.92 Å². The van der Waals surface area contributed by atoms with Crippen molar-refractivity contribution in [2.24, 2.45) is 5.92 Å². The molecule has 1 aromatic heterocycles. The summed E-state index contributed by atoms with van der Waals surface area (Å²) in [7, 11) is 1.61. The van der Waals surface area contributed by atoms with E-state index in [4.69, 9.17) is 10.5 Å². The lowest BCUT2D eigenvalue weighted by molar-refractivity contribution is 0.412. The van der Waals surface area contributed by atoms with E-state index in [1.807, 2.05) is 0 Å². The van der Waals surface area contributed by atoms with Gasteiger partial charge in [-0.3, -0.25) is 0 Å². The summed E-state index contributed by atoms with van der Waals surface area (Å²) < 4.78 is 5.31. The number of hydrogen-bond acceptors (Lipinski definition) is 5. The van der Waals surface area contributed by atoms with Crippen LogP contribution in [0.3, 0.4) is 0 Å². The number of methoxy groups -OCH3 is 1. The van der Waals surface area contributed by atoms with E-state index >= 15 is 0 Å². The Kier molecular flexibility index (Phi) is 3.66. The molecule has 0 aliphatic carbocycles. The van der Waals surface area contributed by atoms with Crippen LogP contribution in [-0.2, 0) is 0 Å². The summed E-state index contributed by atoms with van der Waals surface area (Å²) in [5.74, 6) is 2.62. The average molecular weight is 236 g/mol. The van der Waals surface area contributed by atoms with Crippen molar-refractivity contribution >= 4 is 11.6 Å². The summed E-state index contributed by atoms with van der Waals surface area (Å²) in [5.41, 5.74) is 5.80. The highest BCUT2D eigenvalue weighted by Gasteiger charge is 2.19. The van der Waals surface area contributed by atoms with Crippen LogP contribution in [0.4, 0.5) is 11.6 Å². The molecule has 5 heteroatoms. The zero-order valence-corrected chi connectivity index (χ0v) is 10.5. The van der Waals surface area contributed by atoms with Gasteiger partial charge in [-0.05, 0) is 25.2 Å². The Labute approximate surface area is 102 Å². The van der Waals surface area contributed by atoms with Crippen molar-refractivity contribution in [2.75, 3.05) is 30.8 Å². The highest BCUT2D eigenvalue weighted by Crippen LogP contribution is 2.31. The van der Waals surface area contributed by atoms with Gasteiger partial charge in [0.15, 0.2) is 11.6 Å². The zero-order chi connectivity index (χ0) is 12.3. The van der Waals surface area contributed by atoms with E-state index < -0.39 is 0 Å². The number of nitrogens with two attached hydrogens (primary N) is 1. The Hall–Kier alpha value is -1.52. The highest BCUT2D eigenvalue weighted by atomic mass is 16.5. The fraction of sp³-hybridized carbons (Fsp3) is 0.667. The van der Waals surface area contributed by atoms with Crippen LogP contribution in [0.15, 0.2) is 6.33 Å². The van der Waals surface area contributed by atoms with Crippen molar-refractivity contribution in [3.8, 4) is 5.75 Å². The highest BCUT2D eigenvalue weighted by molar-refractivity contribution is 5.62. The predicted molar refractivity (Wildman–Crippen MR) is 68.2 cm³/mol. The molecule has 5 nitrogen and oxygen atoms in total. The summed E-state index contributed by atoms with van der Waals surface area (Å²) in [4.78, 5) is 10.5. The van der Waals surface area contributed by atoms with Gasteiger partial charge in [0.05, 0.1) is 7.11 Å².